The topological polar surface area (TPSA) is 84.0 Å². The third kappa shape index (κ3) is 5.37. The van der Waals surface area contributed by atoms with E-state index in [9.17, 15) is 13.6 Å². The van der Waals surface area contributed by atoms with Crippen LogP contribution >= 0.6 is 0 Å². The van der Waals surface area contributed by atoms with Crippen LogP contribution in [0.5, 0.6) is 11.5 Å². The van der Waals surface area contributed by atoms with Crippen molar-refractivity contribution in [3.63, 3.8) is 0 Å². The number of hydrogen-bond acceptors (Lipinski definition) is 4. The van der Waals surface area contributed by atoms with Gasteiger partial charge < -0.3 is 25.4 Å². The number of aliphatic imine (C=N–C) groups is 1. The molecule has 2 aromatic rings. The molecule has 0 saturated carbocycles. The van der Waals surface area contributed by atoms with Crippen molar-refractivity contribution in [3.8, 4) is 11.5 Å². The highest BCUT2D eigenvalue weighted by Gasteiger charge is 2.24. The van der Waals surface area contributed by atoms with Crippen LogP contribution in [-0.2, 0) is 11.3 Å². The minimum Gasteiger partial charge on any atom is -0.493 e. The average Bonchev–Trinajstić information content (AvgIpc) is 2.73. The molecule has 3 N–H and O–H groups in total. The van der Waals surface area contributed by atoms with Crippen LogP contribution in [-0.4, -0.2) is 39.2 Å². The maximum atomic E-state index is 12.6. The molecule has 1 aliphatic heterocycles. The van der Waals surface area contributed by atoms with Gasteiger partial charge in [-0.2, -0.15) is 8.78 Å². The van der Waals surface area contributed by atoms with Gasteiger partial charge in [0.05, 0.1) is 7.11 Å². The Morgan fingerprint density at radius 1 is 1.23 bits per heavy atom. The molecule has 1 aliphatic rings. The number of para-hydroxylation sites is 1. The first-order valence-electron chi connectivity index (χ1n) is 9.45. The Hall–Kier alpha value is -3.36. The molecule has 2 aromatic carbocycles. The molecular weight excluding hydrogens is 394 g/mol. The van der Waals surface area contributed by atoms with Gasteiger partial charge in [-0.1, -0.05) is 24.3 Å². The Labute approximate surface area is 173 Å². The first kappa shape index (κ1) is 21.4. The van der Waals surface area contributed by atoms with Crippen molar-refractivity contribution in [2.24, 2.45) is 4.99 Å². The smallest absolute Gasteiger partial charge is 0.387 e. The number of carbonyl (C=O) groups is 1. The van der Waals surface area contributed by atoms with Crippen molar-refractivity contribution in [2.45, 2.75) is 25.5 Å². The van der Waals surface area contributed by atoms with E-state index in [0.29, 0.717) is 25.5 Å². The van der Waals surface area contributed by atoms with E-state index in [-0.39, 0.29) is 23.3 Å². The van der Waals surface area contributed by atoms with E-state index in [1.165, 1.54) is 13.2 Å². The predicted octanol–water partition coefficient (Wildman–Crippen LogP) is 3.09. The molecule has 0 bridgehead atoms. The van der Waals surface area contributed by atoms with E-state index < -0.39 is 6.61 Å². The number of fused-ring (bicyclic) bond motifs is 1. The number of benzene rings is 2. The summed E-state index contributed by atoms with van der Waals surface area (Å²) < 4.78 is 34.7. The highest BCUT2D eigenvalue weighted by Crippen LogP contribution is 2.31. The van der Waals surface area contributed by atoms with Gasteiger partial charge in [-0.25, -0.2) is 0 Å². The molecule has 7 nitrogen and oxygen atoms in total. The van der Waals surface area contributed by atoms with Gasteiger partial charge in [0.25, 0.3) is 0 Å². The van der Waals surface area contributed by atoms with Crippen LogP contribution in [0.25, 0.3) is 0 Å². The Morgan fingerprint density at radius 2 is 2.03 bits per heavy atom. The van der Waals surface area contributed by atoms with E-state index in [4.69, 9.17) is 4.74 Å². The molecule has 1 unspecified atom stereocenters. The summed E-state index contributed by atoms with van der Waals surface area (Å²) in [5.41, 5.74) is 2.62. The summed E-state index contributed by atoms with van der Waals surface area (Å²) in [7, 11) is 3.03. The number of ether oxygens (including phenoxy) is 2. The van der Waals surface area contributed by atoms with Crippen LogP contribution in [0.3, 0.4) is 0 Å². The molecule has 0 saturated heterocycles. The summed E-state index contributed by atoms with van der Waals surface area (Å²) in [6.45, 7) is -2.08. The van der Waals surface area contributed by atoms with Crippen molar-refractivity contribution in [1.29, 1.82) is 0 Å². The van der Waals surface area contributed by atoms with E-state index >= 15 is 0 Å². The van der Waals surface area contributed by atoms with Gasteiger partial charge >= 0.3 is 6.61 Å². The molecule has 1 atom stereocenters. The number of nitrogens with one attached hydrogen (secondary N) is 3. The minimum atomic E-state index is -2.94. The fourth-order valence-electron chi connectivity index (χ4n) is 3.33. The van der Waals surface area contributed by atoms with Crippen molar-refractivity contribution in [3.05, 3.63) is 53.6 Å². The van der Waals surface area contributed by atoms with Gasteiger partial charge in [0.1, 0.15) is 0 Å². The molecule has 1 heterocycles. The molecular formula is C21H24F2N4O3. The largest absolute Gasteiger partial charge is 0.493 e. The normalized spacial score (nSPS) is 16.0. The van der Waals surface area contributed by atoms with Crippen molar-refractivity contribution in [2.75, 3.05) is 26.0 Å². The fraction of sp³-hybridized carbons (Fsp3) is 0.333. The number of guanidine groups is 1. The zero-order chi connectivity index (χ0) is 21.5. The maximum Gasteiger partial charge on any atom is 0.387 e. The molecule has 160 valence electrons. The summed E-state index contributed by atoms with van der Waals surface area (Å²) in [5.74, 6) is 0.731. The van der Waals surface area contributed by atoms with E-state index in [1.807, 2.05) is 24.3 Å². The molecule has 3 rings (SSSR count). The monoisotopic (exact) mass is 418 g/mol. The van der Waals surface area contributed by atoms with Crippen LogP contribution < -0.4 is 25.4 Å². The SMILES string of the molecule is CN=C(NCc1ccc(OC)c(OC(F)F)c1)NCC1CC(=O)Nc2ccccc21. The van der Waals surface area contributed by atoms with Crippen LogP contribution in [0, 0.1) is 0 Å². The van der Waals surface area contributed by atoms with Gasteiger partial charge in [-0.15, -0.1) is 0 Å². The number of rotatable bonds is 7. The zero-order valence-electron chi connectivity index (χ0n) is 16.7. The van der Waals surface area contributed by atoms with Gasteiger partial charge in [0.15, 0.2) is 17.5 Å². The lowest BCUT2D eigenvalue weighted by molar-refractivity contribution is -0.116. The number of amides is 1. The Morgan fingerprint density at radius 3 is 2.77 bits per heavy atom. The molecule has 0 radical (unpaired) electrons. The molecule has 0 fully saturated rings. The Balaban J connectivity index is 1.60. The standard InChI is InChI=1S/C21H24F2N4O3/c1-24-21(25-11-13-7-8-17(29-2)18(9-13)30-20(22)23)26-12-14-10-19(28)27-16-6-4-3-5-15(14)16/h3-9,14,20H,10-12H2,1-2H3,(H,27,28)(H2,24,25,26). The number of hydrogen-bond donors (Lipinski definition) is 3. The van der Waals surface area contributed by atoms with E-state index in [1.54, 1.807) is 19.2 Å². The highest BCUT2D eigenvalue weighted by atomic mass is 19.3. The molecule has 0 aromatic heterocycles. The lowest BCUT2D eigenvalue weighted by Gasteiger charge is -2.26. The summed E-state index contributed by atoms with van der Waals surface area (Å²) in [4.78, 5) is 16.1. The second-order valence-electron chi connectivity index (χ2n) is 6.71. The molecule has 30 heavy (non-hydrogen) atoms. The van der Waals surface area contributed by atoms with Gasteiger partial charge in [-0.3, -0.25) is 9.79 Å². The van der Waals surface area contributed by atoms with Crippen molar-refractivity contribution >= 4 is 17.6 Å². The Bertz CT molecular complexity index is 921. The van der Waals surface area contributed by atoms with Crippen molar-refractivity contribution < 1.29 is 23.0 Å². The van der Waals surface area contributed by atoms with Gasteiger partial charge in [0.2, 0.25) is 5.91 Å². The van der Waals surface area contributed by atoms with Gasteiger partial charge in [-0.05, 0) is 29.3 Å². The lowest BCUT2D eigenvalue weighted by atomic mass is 9.90. The summed E-state index contributed by atoms with van der Waals surface area (Å²) in [5, 5.41) is 9.23. The second kappa shape index (κ2) is 9.91. The van der Waals surface area contributed by atoms with Crippen LogP contribution in [0.1, 0.15) is 23.5 Å². The first-order chi connectivity index (χ1) is 14.5. The molecule has 9 heteroatoms. The third-order valence-corrected chi connectivity index (χ3v) is 4.75. The van der Waals surface area contributed by atoms with Crippen LogP contribution in [0.4, 0.5) is 14.5 Å². The zero-order valence-corrected chi connectivity index (χ0v) is 16.7. The van der Waals surface area contributed by atoms with Crippen molar-refractivity contribution in [1.82, 2.24) is 10.6 Å². The highest BCUT2D eigenvalue weighted by molar-refractivity contribution is 5.94. The Kier molecular flexibility index (Phi) is 7.05. The van der Waals surface area contributed by atoms with Crippen LogP contribution in [0.2, 0.25) is 0 Å². The molecule has 0 spiro atoms. The quantitative estimate of drug-likeness (QED) is 0.475. The number of alkyl halides is 2. The van der Waals surface area contributed by atoms with Crippen LogP contribution in [0.15, 0.2) is 47.5 Å². The van der Waals surface area contributed by atoms with Gasteiger partial charge in [0, 0.05) is 38.2 Å². The number of halogens is 2. The summed E-state index contributed by atoms with van der Waals surface area (Å²) >= 11 is 0. The third-order valence-electron chi connectivity index (χ3n) is 4.75. The number of anilines is 1. The fourth-order valence-corrected chi connectivity index (χ4v) is 3.33. The maximum absolute atomic E-state index is 12.6. The van der Waals surface area contributed by atoms with E-state index in [2.05, 4.69) is 25.7 Å². The number of methoxy groups -OCH3 is 1. The summed E-state index contributed by atoms with van der Waals surface area (Å²) in [6, 6.07) is 12.5. The second-order valence-corrected chi connectivity index (χ2v) is 6.71. The minimum absolute atomic E-state index is 0.0144. The molecule has 0 aliphatic carbocycles. The first-order valence-corrected chi connectivity index (χ1v) is 9.45. The van der Waals surface area contributed by atoms with E-state index in [0.717, 1.165) is 16.8 Å². The lowest BCUT2D eigenvalue weighted by Crippen LogP contribution is -2.40. The number of nitrogens with zero attached hydrogens (tertiary/aromatic N) is 1. The molecule has 1 amide bonds. The summed E-state index contributed by atoms with van der Waals surface area (Å²) in [6.07, 6.45) is 0.383. The average molecular weight is 418 g/mol. The number of carbonyl (C=O) groups excluding carboxylic acids is 1. The predicted molar refractivity (Wildman–Crippen MR) is 110 cm³/mol.